The second-order valence-electron chi connectivity index (χ2n) is 5.58. The lowest BCUT2D eigenvalue weighted by atomic mass is 10.0. The minimum Gasteiger partial charge on any atom is -0.493 e. The van der Waals surface area contributed by atoms with E-state index in [1.807, 2.05) is 18.2 Å². The van der Waals surface area contributed by atoms with Gasteiger partial charge in [0, 0.05) is 18.0 Å². The highest BCUT2D eigenvalue weighted by Gasteiger charge is 2.26. The van der Waals surface area contributed by atoms with Gasteiger partial charge in [0.15, 0.2) is 11.5 Å². The Labute approximate surface area is 141 Å². The fraction of sp³-hybridized carbons (Fsp3) is 0.278. The zero-order chi connectivity index (χ0) is 16.9. The van der Waals surface area contributed by atoms with E-state index in [1.165, 1.54) is 5.56 Å². The molecule has 3 N–H and O–H groups in total. The number of hydrazine groups is 1. The lowest BCUT2D eigenvalue weighted by Crippen LogP contribution is -2.44. The molecule has 2 atom stereocenters. The fourth-order valence-electron chi connectivity index (χ4n) is 2.77. The van der Waals surface area contributed by atoms with Crippen LogP contribution in [0.2, 0.25) is 0 Å². The van der Waals surface area contributed by atoms with Crippen LogP contribution in [0.4, 0.5) is 0 Å². The van der Waals surface area contributed by atoms with Crippen molar-refractivity contribution in [3.63, 3.8) is 0 Å². The van der Waals surface area contributed by atoms with Crippen LogP contribution in [0.15, 0.2) is 48.5 Å². The van der Waals surface area contributed by atoms with Crippen molar-refractivity contribution in [2.75, 3.05) is 14.2 Å². The Morgan fingerprint density at radius 1 is 1.04 bits per heavy atom. The summed E-state index contributed by atoms with van der Waals surface area (Å²) in [5.74, 6) is 0.965. The molecule has 1 amide bonds. The van der Waals surface area contributed by atoms with Crippen molar-refractivity contribution in [3.05, 3.63) is 59.7 Å². The predicted octanol–water partition coefficient (Wildman–Crippen LogP) is 2.00. The summed E-state index contributed by atoms with van der Waals surface area (Å²) in [6, 6.07) is 15.4. The van der Waals surface area contributed by atoms with E-state index in [1.54, 1.807) is 32.4 Å². The Morgan fingerprint density at radius 2 is 1.79 bits per heavy atom. The van der Waals surface area contributed by atoms with Gasteiger partial charge in [-0.3, -0.25) is 4.79 Å². The van der Waals surface area contributed by atoms with Gasteiger partial charge in [-0.2, -0.15) is 0 Å². The van der Waals surface area contributed by atoms with Crippen molar-refractivity contribution < 1.29 is 14.3 Å². The molecule has 0 spiro atoms. The van der Waals surface area contributed by atoms with E-state index in [0.717, 1.165) is 6.42 Å². The van der Waals surface area contributed by atoms with Crippen LogP contribution in [-0.2, 0) is 0 Å². The van der Waals surface area contributed by atoms with Crippen LogP contribution in [0.5, 0.6) is 11.5 Å². The largest absolute Gasteiger partial charge is 0.493 e. The summed E-state index contributed by atoms with van der Waals surface area (Å²) in [4.78, 5) is 12.4. The number of carbonyl (C=O) groups excluding carboxylic acids is 1. The smallest absolute Gasteiger partial charge is 0.252 e. The average molecular weight is 327 g/mol. The van der Waals surface area contributed by atoms with Gasteiger partial charge < -0.3 is 14.8 Å². The second-order valence-corrected chi connectivity index (χ2v) is 5.58. The first kappa shape index (κ1) is 16.3. The first-order chi connectivity index (χ1) is 11.7. The summed E-state index contributed by atoms with van der Waals surface area (Å²) in [7, 11) is 3.11. The normalized spacial score (nSPS) is 19.8. The number of hydrogen-bond donors (Lipinski definition) is 3. The monoisotopic (exact) mass is 327 g/mol. The van der Waals surface area contributed by atoms with Crippen molar-refractivity contribution in [1.29, 1.82) is 0 Å². The van der Waals surface area contributed by atoms with Crippen LogP contribution in [0, 0.1) is 0 Å². The topological polar surface area (TPSA) is 71.6 Å². The van der Waals surface area contributed by atoms with E-state index in [2.05, 4.69) is 28.3 Å². The maximum atomic E-state index is 12.4. The lowest BCUT2D eigenvalue weighted by molar-refractivity contribution is 0.0932. The van der Waals surface area contributed by atoms with Gasteiger partial charge in [-0.25, -0.2) is 10.9 Å². The molecule has 2 aromatic rings. The van der Waals surface area contributed by atoms with Crippen molar-refractivity contribution in [2.45, 2.75) is 18.6 Å². The first-order valence-electron chi connectivity index (χ1n) is 7.80. The van der Waals surface area contributed by atoms with Gasteiger partial charge in [0.25, 0.3) is 5.91 Å². The maximum absolute atomic E-state index is 12.4. The summed E-state index contributed by atoms with van der Waals surface area (Å²) >= 11 is 0. The first-order valence-corrected chi connectivity index (χ1v) is 7.80. The summed E-state index contributed by atoms with van der Waals surface area (Å²) in [6.07, 6.45) is 0.624. The molecule has 126 valence electrons. The number of methoxy groups -OCH3 is 2. The van der Waals surface area contributed by atoms with Crippen molar-refractivity contribution in [1.82, 2.24) is 16.2 Å². The highest BCUT2D eigenvalue weighted by atomic mass is 16.5. The van der Waals surface area contributed by atoms with E-state index >= 15 is 0 Å². The van der Waals surface area contributed by atoms with Gasteiger partial charge in [-0.15, -0.1) is 0 Å². The van der Waals surface area contributed by atoms with E-state index in [-0.39, 0.29) is 18.1 Å². The lowest BCUT2D eigenvalue weighted by Gasteiger charge is -2.14. The molecule has 1 aliphatic heterocycles. The standard InChI is InChI=1S/C18H21N3O3/c1-23-15-9-8-13(10-16(15)24-2)18(22)19-17-11-14(20-21-17)12-6-4-3-5-7-12/h3-10,14,17,20-21H,11H2,1-2H3,(H,19,22). The van der Waals surface area contributed by atoms with Gasteiger partial charge in [-0.1, -0.05) is 30.3 Å². The van der Waals surface area contributed by atoms with Crippen LogP contribution in [0.3, 0.4) is 0 Å². The zero-order valence-corrected chi connectivity index (χ0v) is 13.7. The fourth-order valence-corrected chi connectivity index (χ4v) is 2.77. The van der Waals surface area contributed by atoms with Crippen LogP contribution in [-0.4, -0.2) is 26.3 Å². The summed E-state index contributed by atoms with van der Waals surface area (Å²) in [5.41, 5.74) is 8.04. The number of rotatable bonds is 5. The third kappa shape index (κ3) is 3.50. The van der Waals surface area contributed by atoms with Crippen LogP contribution in [0.25, 0.3) is 0 Å². The Morgan fingerprint density at radius 3 is 2.50 bits per heavy atom. The summed E-state index contributed by atoms with van der Waals surface area (Å²) in [5, 5.41) is 2.97. The molecular formula is C18H21N3O3. The highest BCUT2D eigenvalue weighted by Crippen LogP contribution is 2.27. The number of ether oxygens (including phenoxy) is 2. The highest BCUT2D eigenvalue weighted by molar-refractivity contribution is 5.95. The molecule has 0 radical (unpaired) electrons. The van der Waals surface area contributed by atoms with E-state index < -0.39 is 0 Å². The minimum atomic E-state index is -0.163. The molecule has 6 nitrogen and oxygen atoms in total. The molecule has 0 aromatic heterocycles. The third-order valence-corrected chi connectivity index (χ3v) is 4.06. The number of carbonyl (C=O) groups is 1. The average Bonchev–Trinajstić information content (AvgIpc) is 3.10. The van der Waals surface area contributed by atoms with Crippen molar-refractivity contribution >= 4 is 5.91 Å². The number of nitrogens with one attached hydrogen (secondary N) is 3. The van der Waals surface area contributed by atoms with Crippen molar-refractivity contribution in [3.8, 4) is 11.5 Å². The molecule has 1 saturated heterocycles. The van der Waals surface area contributed by atoms with E-state index in [9.17, 15) is 4.79 Å². The second kappa shape index (κ2) is 7.33. The van der Waals surface area contributed by atoms with E-state index in [0.29, 0.717) is 17.1 Å². The Hall–Kier alpha value is -2.57. The number of benzene rings is 2. The molecule has 24 heavy (non-hydrogen) atoms. The Bertz CT molecular complexity index is 706. The maximum Gasteiger partial charge on any atom is 0.252 e. The summed E-state index contributed by atoms with van der Waals surface area (Å²) < 4.78 is 10.4. The van der Waals surface area contributed by atoms with Gasteiger partial charge in [0.2, 0.25) is 0 Å². The van der Waals surface area contributed by atoms with Gasteiger partial charge in [0.1, 0.15) is 0 Å². The molecular weight excluding hydrogens is 306 g/mol. The van der Waals surface area contributed by atoms with Crippen LogP contribution >= 0.6 is 0 Å². The molecule has 1 aliphatic rings. The number of amides is 1. The predicted molar refractivity (Wildman–Crippen MR) is 90.9 cm³/mol. The molecule has 1 heterocycles. The van der Waals surface area contributed by atoms with Crippen LogP contribution in [0.1, 0.15) is 28.4 Å². The molecule has 6 heteroatoms. The molecule has 3 rings (SSSR count). The quantitative estimate of drug-likeness (QED) is 0.783. The molecule has 1 fully saturated rings. The van der Waals surface area contributed by atoms with Gasteiger partial charge in [0.05, 0.1) is 20.4 Å². The van der Waals surface area contributed by atoms with Gasteiger partial charge in [-0.05, 0) is 23.8 Å². The van der Waals surface area contributed by atoms with Crippen LogP contribution < -0.4 is 25.6 Å². The SMILES string of the molecule is COc1ccc(C(=O)NC2CC(c3ccccc3)NN2)cc1OC. The summed E-state index contributed by atoms with van der Waals surface area (Å²) in [6.45, 7) is 0. The van der Waals surface area contributed by atoms with Gasteiger partial charge >= 0.3 is 0 Å². The third-order valence-electron chi connectivity index (χ3n) is 4.06. The minimum absolute atomic E-state index is 0.143. The molecule has 0 bridgehead atoms. The molecule has 0 aliphatic carbocycles. The molecule has 2 aromatic carbocycles. The molecule has 2 unspecified atom stereocenters. The zero-order valence-electron chi connectivity index (χ0n) is 13.7. The van der Waals surface area contributed by atoms with Crippen molar-refractivity contribution in [2.24, 2.45) is 0 Å². The number of hydrogen-bond acceptors (Lipinski definition) is 5. The Kier molecular flexibility index (Phi) is 4.98. The Balaban J connectivity index is 1.63. The van der Waals surface area contributed by atoms with E-state index in [4.69, 9.17) is 9.47 Å². The molecule has 0 saturated carbocycles.